The molecule has 33 heavy (non-hydrogen) atoms. The molecular formula is C25H26ClN3O3S. The zero-order valence-corrected chi connectivity index (χ0v) is 20.5. The van der Waals surface area contributed by atoms with E-state index in [0.717, 1.165) is 26.6 Å². The Morgan fingerprint density at radius 3 is 2.15 bits per heavy atom. The SMILES string of the molecule is C/C(=N/NC(=O)CN(c1ccc(C)cc1C)S(=O)(=O)c1ccc(C)cc1)c1ccc(Cl)cc1. The number of nitrogens with one attached hydrogen (secondary N) is 1. The number of benzene rings is 3. The van der Waals surface area contributed by atoms with Gasteiger partial charge in [0.15, 0.2) is 0 Å². The van der Waals surface area contributed by atoms with Crippen LogP contribution < -0.4 is 9.73 Å². The van der Waals surface area contributed by atoms with Crippen LogP contribution >= 0.6 is 11.6 Å². The fourth-order valence-electron chi connectivity index (χ4n) is 3.29. The Morgan fingerprint density at radius 1 is 0.939 bits per heavy atom. The van der Waals surface area contributed by atoms with Crippen molar-refractivity contribution in [1.29, 1.82) is 0 Å². The lowest BCUT2D eigenvalue weighted by Gasteiger charge is -2.25. The molecule has 6 nitrogen and oxygen atoms in total. The number of sulfonamides is 1. The Labute approximate surface area is 200 Å². The number of carbonyl (C=O) groups excluding carboxylic acids is 1. The molecule has 1 amide bonds. The van der Waals surface area contributed by atoms with Crippen molar-refractivity contribution in [2.45, 2.75) is 32.6 Å². The van der Waals surface area contributed by atoms with Crippen molar-refractivity contribution in [3.63, 3.8) is 0 Å². The van der Waals surface area contributed by atoms with Crippen molar-refractivity contribution in [2.24, 2.45) is 5.10 Å². The Bertz CT molecular complexity index is 1290. The molecule has 0 fully saturated rings. The third kappa shape index (κ3) is 6.00. The van der Waals surface area contributed by atoms with Crippen LogP contribution in [0, 0.1) is 20.8 Å². The van der Waals surface area contributed by atoms with Crippen molar-refractivity contribution in [3.05, 3.63) is 94.0 Å². The molecule has 1 N–H and O–H groups in total. The summed E-state index contributed by atoms with van der Waals surface area (Å²) in [5.74, 6) is -0.557. The maximum atomic E-state index is 13.5. The van der Waals surface area contributed by atoms with Gasteiger partial charge in [-0.15, -0.1) is 0 Å². The highest BCUT2D eigenvalue weighted by Gasteiger charge is 2.28. The lowest BCUT2D eigenvalue weighted by Crippen LogP contribution is -2.40. The van der Waals surface area contributed by atoms with E-state index < -0.39 is 22.5 Å². The molecule has 0 saturated carbocycles. The minimum atomic E-state index is -3.99. The molecule has 0 spiro atoms. The second-order valence-electron chi connectivity index (χ2n) is 7.85. The van der Waals surface area contributed by atoms with E-state index in [2.05, 4.69) is 10.5 Å². The van der Waals surface area contributed by atoms with Gasteiger partial charge in [0.1, 0.15) is 6.54 Å². The number of hydrogen-bond donors (Lipinski definition) is 1. The zero-order valence-electron chi connectivity index (χ0n) is 19.0. The molecule has 0 aromatic heterocycles. The molecule has 3 aromatic carbocycles. The van der Waals surface area contributed by atoms with Crippen molar-refractivity contribution in [3.8, 4) is 0 Å². The summed E-state index contributed by atoms with van der Waals surface area (Å²) in [5.41, 5.74) is 6.96. The molecule has 172 valence electrons. The van der Waals surface area contributed by atoms with Crippen molar-refractivity contribution in [2.75, 3.05) is 10.8 Å². The summed E-state index contributed by atoms with van der Waals surface area (Å²) >= 11 is 5.91. The van der Waals surface area contributed by atoms with Crippen LogP contribution in [0.4, 0.5) is 5.69 Å². The summed E-state index contributed by atoms with van der Waals surface area (Å²) in [6.07, 6.45) is 0. The van der Waals surface area contributed by atoms with E-state index in [0.29, 0.717) is 16.4 Å². The molecule has 8 heteroatoms. The molecular weight excluding hydrogens is 458 g/mol. The number of carbonyl (C=O) groups is 1. The predicted octanol–water partition coefficient (Wildman–Crippen LogP) is 5.00. The van der Waals surface area contributed by atoms with Gasteiger partial charge in [0.2, 0.25) is 0 Å². The van der Waals surface area contributed by atoms with Crippen molar-refractivity contribution in [1.82, 2.24) is 5.43 Å². The molecule has 0 saturated heterocycles. The summed E-state index contributed by atoms with van der Waals surface area (Å²) in [6.45, 7) is 6.95. The van der Waals surface area contributed by atoms with E-state index in [1.54, 1.807) is 61.5 Å². The lowest BCUT2D eigenvalue weighted by molar-refractivity contribution is -0.119. The molecule has 0 radical (unpaired) electrons. The van der Waals surface area contributed by atoms with E-state index >= 15 is 0 Å². The number of halogens is 1. The van der Waals surface area contributed by atoms with Crippen LogP contribution in [0.1, 0.15) is 29.2 Å². The summed E-state index contributed by atoms with van der Waals surface area (Å²) in [7, 11) is -3.99. The number of hydrogen-bond acceptors (Lipinski definition) is 4. The van der Waals surface area contributed by atoms with Gasteiger partial charge in [-0.1, -0.05) is 59.1 Å². The topological polar surface area (TPSA) is 78.8 Å². The van der Waals surface area contributed by atoms with E-state index in [9.17, 15) is 13.2 Å². The predicted molar refractivity (Wildman–Crippen MR) is 133 cm³/mol. The molecule has 3 aromatic rings. The van der Waals surface area contributed by atoms with Gasteiger partial charge in [-0.2, -0.15) is 5.10 Å². The largest absolute Gasteiger partial charge is 0.271 e. The third-order valence-electron chi connectivity index (χ3n) is 5.13. The van der Waals surface area contributed by atoms with Gasteiger partial charge in [-0.25, -0.2) is 13.8 Å². The first-order valence-electron chi connectivity index (χ1n) is 10.3. The number of rotatable bonds is 7. The van der Waals surface area contributed by atoms with Crippen LogP contribution in [0.15, 0.2) is 76.7 Å². The highest BCUT2D eigenvalue weighted by Crippen LogP contribution is 2.27. The van der Waals surface area contributed by atoms with Crippen LogP contribution in [-0.4, -0.2) is 26.6 Å². The van der Waals surface area contributed by atoms with Crippen LogP contribution in [-0.2, 0) is 14.8 Å². The summed E-state index contributed by atoms with van der Waals surface area (Å²) < 4.78 is 28.1. The average Bonchev–Trinajstić information content (AvgIpc) is 2.77. The molecule has 0 aliphatic carbocycles. The van der Waals surface area contributed by atoms with Crippen LogP contribution in [0.25, 0.3) is 0 Å². The van der Waals surface area contributed by atoms with Crippen LogP contribution in [0.5, 0.6) is 0 Å². The molecule has 0 aliphatic rings. The monoisotopic (exact) mass is 483 g/mol. The first-order valence-corrected chi connectivity index (χ1v) is 12.2. The van der Waals surface area contributed by atoms with Gasteiger partial charge in [-0.3, -0.25) is 9.10 Å². The fourth-order valence-corrected chi connectivity index (χ4v) is 4.90. The summed E-state index contributed by atoms with van der Waals surface area (Å²) in [5, 5.41) is 4.72. The number of amides is 1. The van der Waals surface area contributed by atoms with E-state index in [1.165, 1.54) is 0 Å². The number of aryl methyl sites for hydroxylation is 3. The molecule has 0 unspecified atom stereocenters. The van der Waals surface area contributed by atoms with E-state index in [4.69, 9.17) is 11.6 Å². The number of anilines is 1. The smallest absolute Gasteiger partial charge is 0.264 e. The van der Waals surface area contributed by atoms with E-state index in [1.807, 2.05) is 32.9 Å². The zero-order chi connectivity index (χ0) is 24.2. The van der Waals surface area contributed by atoms with Gasteiger partial charge in [0, 0.05) is 5.02 Å². The fraction of sp³-hybridized carbons (Fsp3) is 0.200. The van der Waals surface area contributed by atoms with Crippen LogP contribution in [0.3, 0.4) is 0 Å². The summed E-state index contributed by atoms with van der Waals surface area (Å²) in [4.78, 5) is 12.9. The minimum Gasteiger partial charge on any atom is -0.271 e. The van der Waals surface area contributed by atoms with Crippen molar-refractivity contribution < 1.29 is 13.2 Å². The first kappa shape index (κ1) is 24.5. The molecule has 0 heterocycles. The Hall–Kier alpha value is -3.16. The highest BCUT2D eigenvalue weighted by atomic mass is 35.5. The van der Waals surface area contributed by atoms with Crippen LogP contribution in [0.2, 0.25) is 5.02 Å². The highest BCUT2D eigenvalue weighted by molar-refractivity contribution is 7.92. The normalized spacial score (nSPS) is 11.8. The third-order valence-corrected chi connectivity index (χ3v) is 7.15. The van der Waals surface area contributed by atoms with E-state index in [-0.39, 0.29) is 4.90 Å². The van der Waals surface area contributed by atoms with Gasteiger partial charge in [-0.05, 0) is 69.2 Å². The van der Waals surface area contributed by atoms with Gasteiger partial charge in [0.25, 0.3) is 15.9 Å². The second-order valence-corrected chi connectivity index (χ2v) is 10.2. The minimum absolute atomic E-state index is 0.113. The number of nitrogens with zero attached hydrogens (tertiary/aromatic N) is 2. The van der Waals surface area contributed by atoms with Gasteiger partial charge >= 0.3 is 0 Å². The number of hydrazone groups is 1. The molecule has 0 atom stereocenters. The first-order chi connectivity index (χ1) is 15.6. The van der Waals surface area contributed by atoms with Gasteiger partial charge in [0.05, 0.1) is 16.3 Å². The maximum Gasteiger partial charge on any atom is 0.264 e. The lowest BCUT2D eigenvalue weighted by atomic mass is 10.1. The Balaban J connectivity index is 1.91. The quantitative estimate of drug-likeness (QED) is 0.379. The standard InChI is InChI=1S/C25H26ClN3O3S/c1-17-5-12-23(13-6-17)33(31,32)29(24-14-7-18(2)15-19(24)3)16-25(30)28-27-20(4)21-8-10-22(26)11-9-21/h5-15H,16H2,1-4H3,(H,28,30)/b27-20-. The Morgan fingerprint density at radius 2 is 1.55 bits per heavy atom. The molecule has 3 rings (SSSR count). The van der Waals surface area contributed by atoms with Gasteiger partial charge < -0.3 is 0 Å². The molecule has 0 bridgehead atoms. The maximum absolute atomic E-state index is 13.5. The average molecular weight is 484 g/mol. The van der Waals surface area contributed by atoms with Crippen molar-refractivity contribution >= 4 is 38.9 Å². The second kappa shape index (κ2) is 10.2. The Kier molecular flexibility index (Phi) is 7.56. The summed E-state index contributed by atoms with van der Waals surface area (Å²) in [6, 6.07) is 19.0. The molecule has 0 aliphatic heterocycles.